The van der Waals surface area contributed by atoms with Crippen LogP contribution < -0.4 is 10.6 Å². The Morgan fingerprint density at radius 3 is 2.71 bits per heavy atom. The maximum absolute atomic E-state index is 13.4. The summed E-state index contributed by atoms with van der Waals surface area (Å²) in [5.74, 6) is -0.416. The van der Waals surface area contributed by atoms with Crippen molar-refractivity contribution < 1.29 is 13.9 Å². The van der Waals surface area contributed by atoms with Gasteiger partial charge in [-0.2, -0.15) is 0 Å². The topological polar surface area (TPSA) is 50.4 Å². The average Bonchev–Trinajstić information content (AvgIpc) is 2.49. The Morgan fingerprint density at radius 1 is 1.24 bits per heavy atom. The number of esters is 1. The quantitative estimate of drug-likeness (QED) is 0.439. The normalized spacial score (nSPS) is 10.0. The molecule has 0 aliphatic rings. The molecule has 21 heavy (non-hydrogen) atoms. The molecule has 116 valence electrons. The van der Waals surface area contributed by atoms with E-state index in [0.717, 1.165) is 25.8 Å². The zero-order valence-corrected chi connectivity index (χ0v) is 13.0. The minimum Gasteiger partial charge on any atom is -0.469 e. The lowest BCUT2D eigenvalue weighted by molar-refractivity contribution is -0.140. The van der Waals surface area contributed by atoms with E-state index in [1.165, 1.54) is 13.2 Å². The fourth-order valence-electron chi connectivity index (χ4n) is 1.75. The summed E-state index contributed by atoms with van der Waals surface area (Å²) in [6.45, 7) is 1.09. The number of nitrogens with one attached hydrogen (secondary N) is 2. The molecule has 0 bridgehead atoms. The van der Waals surface area contributed by atoms with E-state index < -0.39 is 0 Å². The van der Waals surface area contributed by atoms with Gasteiger partial charge in [0.05, 0.1) is 7.11 Å². The van der Waals surface area contributed by atoms with Crippen LogP contribution in [-0.4, -0.2) is 24.7 Å². The molecule has 0 atom stereocenters. The van der Waals surface area contributed by atoms with Gasteiger partial charge in [0.1, 0.15) is 5.82 Å². The second kappa shape index (κ2) is 10.1. The molecular weight excluding hydrogens is 291 g/mol. The first-order valence-corrected chi connectivity index (χ1v) is 7.36. The summed E-state index contributed by atoms with van der Waals surface area (Å²) >= 11 is 5.12. The van der Waals surface area contributed by atoms with Gasteiger partial charge in [0, 0.05) is 25.1 Å². The summed E-state index contributed by atoms with van der Waals surface area (Å²) < 4.78 is 17.9. The standard InChI is InChI=1S/C15H21FN2O2S/c1-20-14(19)9-3-2-6-10-17-15(21)18-11-12-7-4-5-8-13(12)16/h4-5,7-8H,2-3,6,9-11H2,1H3,(H2,17,18,21). The highest BCUT2D eigenvalue weighted by Crippen LogP contribution is 2.05. The summed E-state index contributed by atoms with van der Waals surface area (Å²) in [5, 5.41) is 6.53. The van der Waals surface area contributed by atoms with Gasteiger partial charge >= 0.3 is 5.97 Å². The van der Waals surface area contributed by atoms with Gasteiger partial charge in [-0.1, -0.05) is 24.6 Å². The maximum Gasteiger partial charge on any atom is 0.305 e. The summed E-state index contributed by atoms with van der Waals surface area (Å²) in [4.78, 5) is 10.9. The lowest BCUT2D eigenvalue weighted by Crippen LogP contribution is -2.35. The monoisotopic (exact) mass is 312 g/mol. The molecular formula is C15H21FN2O2S. The highest BCUT2D eigenvalue weighted by molar-refractivity contribution is 7.80. The van der Waals surface area contributed by atoms with E-state index in [-0.39, 0.29) is 11.8 Å². The molecule has 0 aliphatic heterocycles. The molecule has 0 spiro atoms. The number of benzene rings is 1. The van der Waals surface area contributed by atoms with Crippen molar-refractivity contribution in [1.82, 2.24) is 10.6 Å². The van der Waals surface area contributed by atoms with Crippen LogP contribution in [-0.2, 0) is 16.1 Å². The molecule has 0 saturated carbocycles. The number of unbranched alkanes of at least 4 members (excludes halogenated alkanes) is 2. The van der Waals surface area contributed by atoms with Crippen LogP contribution in [0.3, 0.4) is 0 Å². The van der Waals surface area contributed by atoms with Gasteiger partial charge in [-0.05, 0) is 31.1 Å². The Bertz CT molecular complexity index is 469. The predicted molar refractivity (Wildman–Crippen MR) is 84.3 cm³/mol. The first kappa shape index (κ1) is 17.4. The number of ether oxygens (including phenoxy) is 1. The summed E-state index contributed by atoms with van der Waals surface area (Å²) in [6, 6.07) is 6.59. The highest BCUT2D eigenvalue weighted by atomic mass is 32.1. The Morgan fingerprint density at radius 2 is 2.00 bits per heavy atom. The summed E-state index contributed by atoms with van der Waals surface area (Å²) in [6.07, 6.45) is 3.10. The molecule has 0 saturated heterocycles. The molecule has 0 amide bonds. The molecule has 0 unspecified atom stereocenters. The minimum atomic E-state index is -0.240. The minimum absolute atomic E-state index is 0.176. The van der Waals surface area contributed by atoms with Crippen LogP contribution in [0.15, 0.2) is 24.3 Å². The number of halogens is 1. The molecule has 0 radical (unpaired) electrons. The molecule has 1 aromatic carbocycles. The smallest absolute Gasteiger partial charge is 0.305 e. The molecule has 2 N–H and O–H groups in total. The van der Waals surface area contributed by atoms with Gasteiger partial charge in [-0.3, -0.25) is 4.79 Å². The van der Waals surface area contributed by atoms with Crippen LogP contribution in [0.1, 0.15) is 31.2 Å². The van der Waals surface area contributed by atoms with E-state index in [0.29, 0.717) is 23.6 Å². The fraction of sp³-hybridized carbons (Fsp3) is 0.467. The van der Waals surface area contributed by atoms with Gasteiger partial charge in [-0.25, -0.2) is 4.39 Å². The van der Waals surface area contributed by atoms with Gasteiger partial charge < -0.3 is 15.4 Å². The number of methoxy groups -OCH3 is 1. The third-order valence-corrected chi connectivity index (χ3v) is 3.26. The number of carbonyl (C=O) groups is 1. The average molecular weight is 312 g/mol. The Kier molecular flexibility index (Phi) is 8.35. The second-order valence-electron chi connectivity index (χ2n) is 4.59. The first-order valence-electron chi connectivity index (χ1n) is 6.95. The van der Waals surface area contributed by atoms with Gasteiger partial charge in [0.2, 0.25) is 0 Å². The van der Waals surface area contributed by atoms with E-state index in [2.05, 4.69) is 15.4 Å². The van der Waals surface area contributed by atoms with Crippen LogP contribution in [0.5, 0.6) is 0 Å². The van der Waals surface area contributed by atoms with Crippen LogP contribution in [0.25, 0.3) is 0 Å². The number of rotatable bonds is 8. The third-order valence-electron chi connectivity index (χ3n) is 2.97. The molecule has 0 aromatic heterocycles. The molecule has 0 aliphatic carbocycles. The van der Waals surface area contributed by atoms with Crippen molar-refractivity contribution in [2.45, 2.75) is 32.2 Å². The number of thiocarbonyl (C=S) groups is 1. The van der Waals surface area contributed by atoms with Crippen molar-refractivity contribution in [1.29, 1.82) is 0 Å². The van der Waals surface area contributed by atoms with Crippen molar-refractivity contribution in [3.63, 3.8) is 0 Å². The summed E-state index contributed by atoms with van der Waals surface area (Å²) in [7, 11) is 1.39. The van der Waals surface area contributed by atoms with E-state index >= 15 is 0 Å². The van der Waals surface area contributed by atoms with Gasteiger partial charge in [-0.15, -0.1) is 0 Å². The first-order chi connectivity index (χ1) is 10.1. The van der Waals surface area contributed by atoms with Crippen LogP contribution in [0, 0.1) is 5.82 Å². The number of hydrogen-bond donors (Lipinski definition) is 2. The van der Waals surface area contributed by atoms with Crippen molar-refractivity contribution in [3.05, 3.63) is 35.6 Å². The predicted octanol–water partition coefficient (Wildman–Crippen LogP) is 2.52. The van der Waals surface area contributed by atoms with E-state index in [9.17, 15) is 9.18 Å². The number of hydrogen-bond acceptors (Lipinski definition) is 3. The van der Waals surface area contributed by atoms with Crippen LogP contribution >= 0.6 is 12.2 Å². The van der Waals surface area contributed by atoms with E-state index in [1.807, 2.05) is 0 Å². The molecule has 6 heteroatoms. The summed E-state index contributed by atoms with van der Waals surface area (Å²) in [5.41, 5.74) is 0.583. The van der Waals surface area contributed by atoms with Crippen molar-refractivity contribution in [3.8, 4) is 0 Å². The lowest BCUT2D eigenvalue weighted by atomic mass is 10.2. The Labute approximate surface area is 130 Å². The second-order valence-corrected chi connectivity index (χ2v) is 5.00. The SMILES string of the molecule is COC(=O)CCCCCNC(=S)NCc1ccccc1F. The van der Waals surface area contributed by atoms with Crippen molar-refractivity contribution in [2.24, 2.45) is 0 Å². The maximum atomic E-state index is 13.4. The number of carbonyl (C=O) groups excluding carboxylic acids is 1. The molecule has 0 fully saturated rings. The van der Waals surface area contributed by atoms with Crippen molar-refractivity contribution >= 4 is 23.3 Å². The van der Waals surface area contributed by atoms with Gasteiger partial charge in [0.15, 0.2) is 5.11 Å². The third kappa shape index (κ3) is 7.60. The zero-order chi connectivity index (χ0) is 15.5. The zero-order valence-electron chi connectivity index (χ0n) is 12.2. The lowest BCUT2D eigenvalue weighted by Gasteiger charge is -2.10. The Balaban J connectivity index is 2.07. The van der Waals surface area contributed by atoms with E-state index in [4.69, 9.17) is 12.2 Å². The Hall–Kier alpha value is -1.69. The van der Waals surface area contributed by atoms with Crippen LogP contribution in [0.2, 0.25) is 0 Å². The van der Waals surface area contributed by atoms with Gasteiger partial charge in [0.25, 0.3) is 0 Å². The molecule has 0 heterocycles. The highest BCUT2D eigenvalue weighted by Gasteiger charge is 2.02. The molecule has 1 rings (SSSR count). The van der Waals surface area contributed by atoms with Crippen LogP contribution in [0.4, 0.5) is 4.39 Å². The van der Waals surface area contributed by atoms with Crippen molar-refractivity contribution in [2.75, 3.05) is 13.7 Å². The van der Waals surface area contributed by atoms with E-state index in [1.54, 1.807) is 18.2 Å². The largest absolute Gasteiger partial charge is 0.469 e. The molecule has 1 aromatic rings. The fourth-order valence-corrected chi connectivity index (χ4v) is 1.93. The molecule has 4 nitrogen and oxygen atoms in total.